The molecule has 2 aromatic rings. The van der Waals surface area contributed by atoms with Gasteiger partial charge in [0.2, 0.25) is 10.0 Å². The second kappa shape index (κ2) is 7.35. The van der Waals surface area contributed by atoms with Crippen LogP contribution in [0, 0.1) is 6.92 Å². The molecule has 7 nitrogen and oxygen atoms in total. The summed E-state index contributed by atoms with van der Waals surface area (Å²) >= 11 is 0. The van der Waals surface area contributed by atoms with E-state index >= 15 is 0 Å². The Bertz CT molecular complexity index is 937. The van der Waals surface area contributed by atoms with Crippen LogP contribution in [0.25, 0.3) is 0 Å². The molecular formula is C17H19N3O4S. The molecule has 0 fully saturated rings. The van der Waals surface area contributed by atoms with Crippen LogP contribution in [0.3, 0.4) is 0 Å². The summed E-state index contributed by atoms with van der Waals surface area (Å²) in [4.78, 5) is 12.1. The minimum atomic E-state index is -3.38. The van der Waals surface area contributed by atoms with E-state index < -0.39 is 15.9 Å². The van der Waals surface area contributed by atoms with Crippen LogP contribution in [-0.2, 0) is 10.0 Å². The van der Waals surface area contributed by atoms with E-state index in [1.54, 1.807) is 50.2 Å². The van der Waals surface area contributed by atoms with Gasteiger partial charge < -0.3 is 5.11 Å². The van der Waals surface area contributed by atoms with Gasteiger partial charge in [0, 0.05) is 5.69 Å². The normalized spacial score (nSPS) is 11.9. The largest absolute Gasteiger partial charge is 0.507 e. The standard InChI is InChI=1S/C17H19N3O4S/c1-11-6-4-9-15(16(11)21)17(22)19-18-12(2)13-7-5-8-14(10-13)20-25(3,23)24/h4-10,20-21H,1-3H3,(H,19,22)/b18-12+. The van der Waals surface area contributed by atoms with Crippen molar-refractivity contribution in [1.29, 1.82) is 0 Å². The number of anilines is 1. The van der Waals surface area contributed by atoms with Crippen molar-refractivity contribution in [2.24, 2.45) is 5.10 Å². The van der Waals surface area contributed by atoms with Gasteiger partial charge in [0.1, 0.15) is 5.75 Å². The van der Waals surface area contributed by atoms with Crippen molar-refractivity contribution in [1.82, 2.24) is 5.43 Å². The van der Waals surface area contributed by atoms with E-state index in [1.165, 1.54) is 6.07 Å². The first-order chi connectivity index (χ1) is 11.7. The Balaban J connectivity index is 2.17. The molecule has 0 atom stereocenters. The number of nitrogens with one attached hydrogen (secondary N) is 2. The fraction of sp³-hybridized carbons (Fsp3) is 0.176. The van der Waals surface area contributed by atoms with Crippen LogP contribution >= 0.6 is 0 Å². The summed E-state index contributed by atoms with van der Waals surface area (Å²) in [7, 11) is -3.38. The Hall–Kier alpha value is -2.87. The van der Waals surface area contributed by atoms with E-state index in [-0.39, 0.29) is 11.3 Å². The Morgan fingerprint density at radius 1 is 1.16 bits per heavy atom. The van der Waals surface area contributed by atoms with E-state index in [0.717, 1.165) is 6.26 Å². The highest BCUT2D eigenvalue weighted by Gasteiger charge is 2.12. The van der Waals surface area contributed by atoms with Gasteiger partial charge in [-0.25, -0.2) is 13.8 Å². The van der Waals surface area contributed by atoms with Crippen LogP contribution in [-0.4, -0.2) is 31.4 Å². The number of sulfonamides is 1. The number of phenols is 1. The third-order valence-electron chi connectivity index (χ3n) is 3.39. The Morgan fingerprint density at radius 2 is 1.84 bits per heavy atom. The maximum Gasteiger partial charge on any atom is 0.275 e. The number of hydrazone groups is 1. The topological polar surface area (TPSA) is 108 Å². The van der Waals surface area contributed by atoms with Crippen LogP contribution in [0.1, 0.15) is 28.4 Å². The van der Waals surface area contributed by atoms with Crippen LogP contribution in [0.4, 0.5) is 5.69 Å². The summed E-state index contributed by atoms with van der Waals surface area (Å²) in [5.74, 6) is -0.627. The fourth-order valence-electron chi connectivity index (χ4n) is 2.12. The molecule has 0 unspecified atom stereocenters. The first-order valence-corrected chi connectivity index (χ1v) is 9.28. The van der Waals surface area contributed by atoms with Crippen LogP contribution in [0.15, 0.2) is 47.6 Å². The molecule has 132 valence electrons. The molecule has 0 aromatic heterocycles. The number of hydrogen-bond donors (Lipinski definition) is 3. The van der Waals surface area contributed by atoms with Gasteiger partial charge in [0.25, 0.3) is 5.91 Å². The fourth-order valence-corrected chi connectivity index (χ4v) is 2.68. The second-order valence-electron chi connectivity index (χ2n) is 5.56. The molecule has 1 amide bonds. The second-order valence-corrected chi connectivity index (χ2v) is 7.31. The summed E-state index contributed by atoms with van der Waals surface area (Å²) in [6.07, 6.45) is 1.06. The monoisotopic (exact) mass is 361 g/mol. The van der Waals surface area contributed by atoms with Gasteiger partial charge in [-0.05, 0) is 43.2 Å². The molecule has 0 heterocycles. The number of hydrogen-bond acceptors (Lipinski definition) is 5. The number of carbonyl (C=O) groups is 1. The average Bonchev–Trinajstić information content (AvgIpc) is 2.53. The number of rotatable bonds is 5. The highest BCUT2D eigenvalue weighted by molar-refractivity contribution is 7.92. The van der Waals surface area contributed by atoms with Crippen molar-refractivity contribution >= 4 is 27.3 Å². The molecule has 2 rings (SSSR count). The van der Waals surface area contributed by atoms with Gasteiger partial charge in [-0.15, -0.1) is 0 Å². The number of phenolic OH excluding ortho intramolecular Hbond substituents is 1. The summed E-state index contributed by atoms with van der Waals surface area (Å²) in [5.41, 5.74) is 4.63. The Morgan fingerprint density at radius 3 is 2.52 bits per heavy atom. The molecule has 0 bridgehead atoms. The molecule has 25 heavy (non-hydrogen) atoms. The van der Waals surface area contributed by atoms with E-state index in [9.17, 15) is 18.3 Å². The SMILES string of the molecule is C/C(=N\NC(=O)c1cccc(C)c1O)c1cccc(NS(C)(=O)=O)c1. The van der Waals surface area contributed by atoms with E-state index in [2.05, 4.69) is 15.2 Å². The van der Waals surface area contributed by atoms with E-state index in [1.807, 2.05) is 0 Å². The van der Waals surface area contributed by atoms with Gasteiger partial charge in [0.05, 0.1) is 17.5 Å². The van der Waals surface area contributed by atoms with Gasteiger partial charge in [-0.2, -0.15) is 5.10 Å². The minimum absolute atomic E-state index is 0.0906. The molecule has 0 radical (unpaired) electrons. The van der Waals surface area contributed by atoms with Gasteiger partial charge in [-0.1, -0.05) is 24.3 Å². The first-order valence-electron chi connectivity index (χ1n) is 7.39. The Labute approximate surface area is 146 Å². The highest BCUT2D eigenvalue weighted by Crippen LogP contribution is 2.21. The van der Waals surface area contributed by atoms with Gasteiger partial charge in [0.15, 0.2) is 0 Å². The number of aromatic hydroxyl groups is 1. The number of amides is 1. The maximum absolute atomic E-state index is 12.1. The van der Waals surface area contributed by atoms with E-state index in [4.69, 9.17) is 0 Å². The molecule has 0 saturated heterocycles. The molecule has 0 spiro atoms. The summed E-state index contributed by atoms with van der Waals surface area (Å²) in [6.45, 7) is 3.37. The zero-order valence-electron chi connectivity index (χ0n) is 14.1. The van der Waals surface area contributed by atoms with Crippen molar-refractivity contribution in [3.63, 3.8) is 0 Å². The number of aryl methyl sites for hydroxylation is 1. The van der Waals surface area contributed by atoms with Crippen LogP contribution in [0.5, 0.6) is 5.75 Å². The molecular weight excluding hydrogens is 342 g/mol. The van der Waals surface area contributed by atoms with Gasteiger partial charge in [-0.3, -0.25) is 9.52 Å². The van der Waals surface area contributed by atoms with Crippen molar-refractivity contribution in [3.05, 3.63) is 59.2 Å². The third kappa shape index (κ3) is 5.05. The minimum Gasteiger partial charge on any atom is -0.507 e. The Kier molecular flexibility index (Phi) is 5.43. The molecule has 8 heteroatoms. The van der Waals surface area contributed by atoms with Crippen molar-refractivity contribution in [3.8, 4) is 5.75 Å². The average molecular weight is 361 g/mol. The lowest BCUT2D eigenvalue weighted by Crippen LogP contribution is -2.19. The van der Waals surface area contributed by atoms with Crippen LogP contribution < -0.4 is 10.1 Å². The van der Waals surface area contributed by atoms with Gasteiger partial charge >= 0.3 is 0 Å². The molecule has 0 aliphatic rings. The zero-order chi connectivity index (χ0) is 18.6. The smallest absolute Gasteiger partial charge is 0.275 e. The van der Waals surface area contributed by atoms with E-state index in [0.29, 0.717) is 22.5 Å². The number of para-hydroxylation sites is 1. The maximum atomic E-state index is 12.1. The molecule has 0 aliphatic carbocycles. The molecule has 0 aliphatic heterocycles. The summed E-state index contributed by atoms with van der Waals surface area (Å²) in [6, 6.07) is 11.5. The lowest BCUT2D eigenvalue weighted by Gasteiger charge is -2.08. The zero-order valence-corrected chi connectivity index (χ0v) is 14.9. The lowest BCUT2D eigenvalue weighted by molar-refractivity contribution is 0.0952. The predicted octanol–water partition coefficient (Wildman–Crippen LogP) is 2.23. The summed E-state index contributed by atoms with van der Waals surface area (Å²) < 4.78 is 25.0. The number of benzene rings is 2. The first kappa shape index (κ1) is 18.5. The quantitative estimate of drug-likeness (QED) is 0.560. The predicted molar refractivity (Wildman–Crippen MR) is 97.4 cm³/mol. The number of nitrogens with zero attached hydrogens (tertiary/aromatic N) is 1. The molecule has 0 saturated carbocycles. The van der Waals surface area contributed by atoms with Crippen molar-refractivity contribution < 1.29 is 18.3 Å². The number of carbonyl (C=O) groups excluding carboxylic acids is 1. The van der Waals surface area contributed by atoms with Crippen LogP contribution in [0.2, 0.25) is 0 Å². The summed E-state index contributed by atoms with van der Waals surface area (Å²) in [5, 5.41) is 13.9. The van der Waals surface area contributed by atoms with Crippen molar-refractivity contribution in [2.75, 3.05) is 11.0 Å². The highest BCUT2D eigenvalue weighted by atomic mass is 32.2. The third-order valence-corrected chi connectivity index (χ3v) is 4.00. The molecule has 3 N–H and O–H groups in total. The lowest BCUT2D eigenvalue weighted by atomic mass is 10.1. The molecule has 2 aromatic carbocycles. The van der Waals surface area contributed by atoms with Crippen molar-refractivity contribution in [2.45, 2.75) is 13.8 Å².